The van der Waals surface area contributed by atoms with Crippen LogP contribution < -0.4 is 0 Å². The Morgan fingerprint density at radius 2 is 1.96 bits per heavy atom. The zero-order chi connectivity index (χ0) is 20.1. The number of H-pyrrole nitrogens is 1. The van der Waals surface area contributed by atoms with E-state index in [0.29, 0.717) is 25.3 Å². The topological polar surface area (TPSA) is 92.7 Å². The number of aromatic nitrogens is 2. The Balaban J connectivity index is 1.74. The highest BCUT2D eigenvalue weighted by Crippen LogP contribution is 2.28. The number of aliphatic hydroxyl groups is 2. The van der Waals surface area contributed by atoms with E-state index >= 15 is 0 Å². The zero-order valence-electron chi connectivity index (χ0n) is 16.6. The first kappa shape index (κ1) is 20.5. The number of likely N-dealkylation sites (tertiary alicyclic amines) is 1. The number of rotatable bonds is 8. The highest BCUT2D eigenvalue weighted by Gasteiger charge is 2.37. The van der Waals surface area contributed by atoms with Gasteiger partial charge in [-0.3, -0.25) is 9.89 Å². The number of hydrogen-bond acceptors (Lipinski definition) is 5. The van der Waals surface area contributed by atoms with Crippen LogP contribution in [0.1, 0.15) is 23.0 Å². The second kappa shape index (κ2) is 9.32. The van der Waals surface area contributed by atoms with Crippen LogP contribution >= 0.6 is 0 Å². The van der Waals surface area contributed by atoms with Crippen molar-refractivity contribution in [2.24, 2.45) is 11.8 Å². The number of carbonyl (C=O) groups is 1. The van der Waals surface area contributed by atoms with E-state index in [1.165, 1.54) is 0 Å². The Morgan fingerprint density at radius 1 is 1.25 bits per heavy atom. The lowest BCUT2D eigenvalue weighted by molar-refractivity contribution is 0.0772. The summed E-state index contributed by atoms with van der Waals surface area (Å²) in [6, 6.07) is 9.81. The molecule has 1 aliphatic heterocycles. The van der Waals surface area contributed by atoms with Crippen molar-refractivity contribution in [2.45, 2.75) is 13.8 Å². The van der Waals surface area contributed by atoms with Gasteiger partial charge in [0.25, 0.3) is 5.91 Å². The molecule has 2 aromatic rings. The average Bonchev–Trinajstić information content (AvgIpc) is 3.31. The predicted octanol–water partition coefficient (Wildman–Crippen LogP) is 1.38. The van der Waals surface area contributed by atoms with Crippen LogP contribution in [0.2, 0.25) is 0 Å². The molecule has 2 unspecified atom stereocenters. The number of nitrogens with zero attached hydrogens (tertiary/aromatic N) is 3. The van der Waals surface area contributed by atoms with Crippen molar-refractivity contribution in [1.29, 1.82) is 0 Å². The third-order valence-electron chi connectivity index (χ3n) is 5.73. The maximum Gasteiger partial charge on any atom is 0.272 e. The smallest absolute Gasteiger partial charge is 0.272 e. The van der Waals surface area contributed by atoms with E-state index in [2.05, 4.69) is 22.0 Å². The summed E-state index contributed by atoms with van der Waals surface area (Å²) in [6.07, 6.45) is 0. The van der Waals surface area contributed by atoms with Gasteiger partial charge in [-0.2, -0.15) is 5.10 Å². The maximum absolute atomic E-state index is 13.1. The SMILES string of the molecule is CCN(CCO)CC1CN(C(=O)c2[nH]nc(-c3ccccc3)c2C)CC1CO. The van der Waals surface area contributed by atoms with Crippen LogP contribution in [0.3, 0.4) is 0 Å². The van der Waals surface area contributed by atoms with Crippen LogP contribution in [0.5, 0.6) is 0 Å². The summed E-state index contributed by atoms with van der Waals surface area (Å²) in [5.41, 5.74) is 3.12. The van der Waals surface area contributed by atoms with E-state index in [9.17, 15) is 15.0 Å². The number of aliphatic hydroxyl groups excluding tert-OH is 2. The number of benzene rings is 1. The average molecular weight is 386 g/mol. The second-order valence-electron chi connectivity index (χ2n) is 7.47. The first-order chi connectivity index (χ1) is 13.6. The molecule has 28 heavy (non-hydrogen) atoms. The van der Waals surface area contributed by atoms with E-state index in [-0.39, 0.29) is 31.0 Å². The van der Waals surface area contributed by atoms with Crippen LogP contribution in [0.4, 0.5) is 0 Å². The molecular formula is C21H30N4O3. The Kier molecular flexibility index (Phi) is 6.83. The van der Waals surface area contributed by atoms with E-state index < -0.39 is 0 Å². The van der Waals surface area contributed by atoms with Crippen LogP contribution in [0, 0.1) is 18.8 Å². The van der Waals surface area contributed by atoms with Crippen molar-refractivity contribution in [3.63, 3.8) is 0 Å². The number of amides is 1. The van der Waals surface area contributed by atoms with Gasteiger partial charge in [-0.25, -0.2) is 0 Å². The van der Waals surface area contributed by atoms with Gasteiger partial charge in [0, 0.05) is 49.8 Å². The van der Waals surface area contributed by atoms with Gasteiger partial charge < -0.3 is 20.0 Å². The molecule has 2 heterocycles. The molecule has 1 saturated heterocycles. The molecule has 1 aliphatic rings. The van der Waals surface area contributed by atoms with Crippen LogP contribution in [0.15, 0.2) is 30.3 Å². The molecule has 0 radical (unpaired) electrons. The van der Waals surface area contributed by atoms with E-state index in [4.69, 9.17) is 0 Å². The minimum atomic E-state index is -0.0710. The normalized spacial score (nSPS) is 19.5. The highest BCUT2D eigenvalue weighted by atomic mass is 16.3. The standard InChI is InChI=1S/C21H30N4O3/c1-3-24(9-10-26)11-17-12-25(13-18(17)14-27)21(28)20-15(2)19(22-23-20)16-7-5-4-6-8-16/h4-8,17-18,26-27H,3,9-14H2,1-2H3,(H,22,23). The Morgan fingerprint density at radius 3 is 2.61 bits per heavy atom. The van der Waals surface area contributed by atoms with E-state index in [1.807, 2.05) is 42.2 Å². The third-order valence-corrected chi connectivity index (χ3v) is 5.73. The molecule has 7 heteroatoms. The fourth-order valence-corrected chi connectivity index (χ4v) is 4.01. The first-order valence-electron chi connectivity index (χ1n) is 9.92. The van der Waals surface area contributed by atoms with Crippen LogP contribution in [0.25, 0.3) is 11.3 Å². The summed E-state index contributed by atoms with van der Waals surface area (Å²) < 4.78 is 0. The molecule has 0 aliphatic carbocycles. The Hall–Kier alpha value is -2.22. The second-order valence-corrected chi connectivity index (χ2v) is 7.47. The van der Waals surface area contributed by atoms with Gasteiger partial charge in [-0.05, 0) is 19.4 Å². The number of likely N-dealkylation sites (N-methyl/N-ethyl adjacent to an activating group) is 1. The van der Waals surface area contributed by atoms with Crippen LogP contribution in [-0.4, -0.2) is 82.1 Å². The summed E-state index contributed by atoms with van der Waals surface area (Å²) in [5.74, 6) is 0.170. The van der Waals surface area contributed by atoms with Gasteiger partial charge in [0.1, 0.15) is 5.69 Å². The summed E-state index contributed by atoms with van der Waals surface area (Å²) in [5, 5.41) is 26.3. The minimum Gasteiger partial charge on any atom is -0.396 e. The summed E-state index contributed by atoms with van der Waals surface area (Å²) in [4.78, 5) is 17.1. The summed E-state index contributed by atoms with van der Waals surface area (Å²) in [6.45, 7) is 7.49. The van der Waals surface area contributed by atoms with Gasteiger partial charge in [0.15, 0.2) is 0 Å². The first-order valence-corrected chi connectivity index (χ1v) is 9.92. The monoisotopic (exact) mass is 386 g/mol. The molecular weight excluding hydrogens is 356 g/mol. The molecule has 2 atom stereocenters. The molecule has 0 spiro atoms. The lowest BCUT2D eigenvalue weighted by atomic mass is 9.96. The fraction of sp³-hybridized carbons (Fsp3) is 0.524. The fourth-order valence-electron chi connectivity index (χ4n) is 4.01. The molecule has 0 saturated carbocycles. The number of nitrogens with one attached hydrogen (secondary N) is 1. The van der Waals surface area contributed by atoms with Crippen molar-refractivity contribution in [2.75, 3.05) is 45.9 Å². The quantitative estimate of drug-likeness (QED) is 0.637. The summed E-state index contributed by atoms with van der Waals surface area (Å²) in [7, 11) is 0. The molecule has 1 fully saturated rings. The number of hydrogen-bond donors (Lipinski definition) is 3. The molecule has 1 amide bonds. The molecule has 152 valence electrons. The van der Waals surface area contributed by atoms with Crippen molar-refractivity contribution < 1.29 is 15.0 Å². The predicted molar refractivity (Wildman–Crippen MR) is 108 cm³/mol. The largest absolute Gasteiger partial charge is 0.396 e. The molecule has 7 nitrogen and oxygen atoms in total. The van der Waals surface area contributed by atoms with Crippen molar-refractivity contribution in [3.8, 4) is 11.3 Å². The van der Waals surface area contributed by atoms with E-state index in [0.717, 1.165) is 29.9 Å². The molecule has 0 bridgehead atoms. The van der Waals surface area contributed by atoms with Gasteiger partial charge in [0.05, 0.1) is 12.3 Å². The van der Waals surface area contributed by atoms with Crippen molar-refractivity contribution in [3.05, 3.63) is 41.6 Å². The Bertz CT molecular complexity index is 777. The van der Waals surface area contributed by atoms with E-state index in [1.54, 1.807) is 0 Å². The van der Waals surface area contributed by atoms with Crippen LogP contribution in [-0.2, 0) is 0 Å². The third kappa shape index (κ3) is 4.27. The van der Waals surface area contributed by atoms with Crippen molar-refractivity contribution in [1.82, 2.24) is 20.0 Å². The molecule has 1 aromatic carbocycles. The van der Waals surface area contributed by atoms with Gasteiger partial charge in [-0.15, -0.1) is 0 Å². The molecule has 1 aromatic heterocycles. The maximum atomic E-state index is 13.1. The lowest BCUT2D eigenvalue weighted by Crippen LogP contribution is -2.36. The number of carbonyl (C=O) groups excluding carboxylic acids is 1. The highest BCUT2D eigenvalue weighted by molar-refractivity contribution is 5.95. The van der Waals surface area contributed by atoms with Crippen molar-refractivity contribution >= 4 is 5.91 Å². The van der Waals surface area contributed by atoms with Gasteiger partial charge in [0.2, 0.25) is 0 Å². The molecule has 3 N–H and O–H groups in total. The van der Waals surface area contributed by atoms with Gasteiger partial charge >= 0.3 is 0 Å². The molecule has 3 rings (SSSR count). The lowest BCUT2D eigenvalue weighted by Gasteiger charge is -2.25. The Labute approximate surface area is 166 Å². The zero-order valence-corrected chi connectivity index (χ0v) is 16.6. The minimum absolute atomic E-state index is 0.0496. The number of aromatic amines is 1. The summed E-state index contributed by atoms with van der Waals surface area (Å²) >= 11 is 0. The van der Waals surface area contributed by atoms with Gasteiger partial charge in [-0.1, -0.05) is 37.3 Å².